The van der Waals surface area contributed by atoms with Crippen molar-refractivity contribution in [2.75, 3.05) is 21.2 Å². The zero-order valence-corrected chi connectivity index (χ0v) is 24.6. The van der Waals surface area contributed by atoms with Crippen LogP contribution in [-0.4, -0.2) is 54.9 Å². The van der Waals surface area contributed by atoms with Crippen LogP contribution >= 0.6 is 22.9 Å². The van der Waals surface area contributed by atoms with Gasteiger partial charge in [-0.15, -0.1) is 11.3 Å². The van der Waals surface area contributed by atoms with E-state index in [1.165, 1.54) is 11.3 Å². The van der Waals surface area contributed by atoms with Crippen LogP contribution < -0.4 is 10.5 Å². The van der Waals surface area contributed by atoms with Crippen LogP contribution in [0, 0.1) is 0 Å². The highest BCUT2D eigenvalue weighted by Gasteiger charge is 2.33. The molecule has 1 heterocycles. The van der Waals surface area contributed by atoms with Crippen LogP contribution in [0.4, 0.5) is 0 Å². The van der Waals surface area contributed by atoms with Gasteiger partial charge in [-0.3, -0.25) is 9.59 Å². The first-order chi connectivity index (χ1) is 19.3. The monoisotopic (exact) mass is 575 g/mol. The fourth-order valence-electron chi connectivity index (χ4n) is 5.63. The standard InChI is InChI=1S/C32H34ClN3O3S/c1-35(2)24-13-15-25(16-14-24)36(32(38)30-29(33)26-6-4-5-7-28(26)40-30)19-23-18-22(12-17-27(23)39-3)20-8-10-21(11-9-20)31(34)37/h4-12,17-18,24-25H,13-16,19H2,1-3H3,(H2,34,37)/t24-,25-. The quantitative estimate of drug-likeness (QED) is 0.249. The van der Waals surface area contributed by atoms with Crippen LogP contribution in [-0.2, 0) is 6.54 Å². The van der Waals surface area contributed by atoms with E-state index in [0.29, 0.717) is 28.0 Å². The second-order valence-electron chi connectivity index (χ2n) is 10.6. The molecule has 0 atom stereocenters. The van der Waals surface area contributed by atoms with E-state index in [2.05, 4.69) is 25.1 Å². The van der Waals surface area contributed by atoms with Crippen molar-refractivity contribution in [1.29, 1.82) is 0 Å². The minimum absolute atomic E-state index is 0.0437. The third-order valence-electron chi connectivity index (χ3n) is 7.95. The molecule has 1 fully saturated rings. The molecule has 0 spiro atoms. The summed E-state index contributed by atoms with van der Waals surface area (Å²) < 4.78 is 6.76. The number of amides is 2. The molecule has 1 aliphatic carbocycles. The van der Waals surface area contributed by atoms with Gasteiger partial charge in [-0.05, 0) is 81.2 Å². The van der Waals surface area contributed by atoms with Crippen molar-refractivity contribution in [1.82, 2.24) is 9.80 Å². The van der Waals surface area contributed by atoms with E-state index < -0.39 is 5.91 Å². The summed E-state index contributed by atoms with van der Waals surface area (Å²) in [7, 11) is 5.89. The smallest absolute Gasteiger partial charge is 0.266 e. The summed E-state index contributed by atoms with van der Waals surface area (Å²) in [6, 6.07) is 21.7. The SMILES string of the molecule is COc1ccc(-c2ccc(C(N)=O)cc2)cc1CN(C(=O)c1sc2ccccc2c1Cl)[C@H]1CC[C@H](N(C)C)CC1. The average Bonchev–Trinajstić information content (AvgIpc) is 3.31. The number of hydrogen-bond acceptors (Lipinski definition) is 5. The topological polar surface area (TPSA) is 75.9 Å². The summed E-state index contributed by atoms with van der Waals surface area (Å²) in [5.41, 5.74) is 8.72. The summed E-state index contributed by atoms with van der Waals surface area (Å²) in [6.07, 6.45) is 3.91. The van der Waals surface area contributed by atoms with Gasteiger partial charge in [-0.1, -0.05) is 48.0 Å². The highest BCUT2D eigenvalue weighted by molar-refractivity contribution is 7.21. The van der Waals surface area contributed by atoms with E-state index in [4.69, 9.17) is 22.1 Å². The predicted octanol–water partition coefficient (Wildman–Crippen LogP) is 6.84. The maximum Gasteiger partial charge on any atom is 0.266 e. The number of benzene rings is 3. The molecule has 5 rings (SSSR count). The molecule has 0 bridgehead atoms. The molecule has 2 N–H and O–H groups in total. The first-order valence-corrected chi connectivity index (χ1v) is 14.7. The maximum absolute atomic E-state index is 14.3. The zero-order chi connectivity index (χ0) is 28.4. The zero-order valence-electron chi connectivity index (χ0n) is 23.0. The van der Waals surface area contributed by atoms with Crippen LogP contribution in [0.15, 0.2) is 66.7 Å². The molecule has 1 saturated carbocycles. The lowest BCUT2D eigenvalue weighted by Gasteiger charge is -2.39. The number of thiophene rings is 1. The fraction of sp³-hybridized carbons (Fsp3) is 0.312. The lowest BCUT2D eigenvalue weighted by Crippen LogP contribution is -2.44. The Morgan fingerprint density at radius 1 is 0.950 bits per heavy atom. The molecule has 0 radical (unpaired) electrons. The number of rotatable bonds is 8. The Hall–Kier alpha value is -3.39. The molecule has 208 valence electrons. The predicted molar refractivity (Wildman–Crippen MR) is 163 cm³/mol. The number of carbonyl (C=O) groups is 2. The molecule has 1 aromatic heterocycles. The number of ether oxygens (including phenoxy) is 1. The Balaban J connectivity index is 1.51. The van der Waals surface area contributed by atoms with Crippen LogP contribution in [0.5, 0.6) is 5.75 Å². The Morgan fingerprint density at radius 3 is 2.23 bits per heavy atom. The maximum atomic E-state index is 14.3. The second-order valence-corrected chi connectivity index (χ2v) is 12.0. The molecule has 40 heavy (non-hydrogen) atoms. The van der Waals surface area contributed by atoms with Crippen molar-refractivity contribution in [3.8, 4) is 16.9 Å². The number of halogens is 1. The summed E-state index contributed by atoms with van der Waals surface area (Å²) in [6.45, 7) is 0.400. The molecule has 2 amide bonds. The number of primary amides is 1. The van der Waals surface area contributed by atoms with Crippen molar-refractivity contribution in [2.24, 2.45) is 5.73 Å². The number of carbonyl (C=O) groups excluding carboxylic acids is 2. The molecule has 3 aromatic carbocycles. The fourth-order valence-corrected chi connectivity index (χ4v) is 7.10. The summed E-state index contributed by atoms with van der Waals surface area (Å²) >= 11 is 8.25. The Kier molecular flexibility index (Phi) is 8.45. The number of methoxy groups -OCH3 is 1. The third-order valence-corrected chi connectivity index (χ3v) is 9.61. The molecule has 0 unspecified atom stereocenters. The lowest BCUT2D eigenvalue weighted by atomic mass is 9.89. The van der Waals surface area contributed by atoms with Gasteiger partial charge in [0, 0.05) is 39.8 Å². The number of fused-ring (bicyclic) bond motifs is 1. The van der Waals surface area contributed by atoms with Gasteiger partial charge in [-0.2, -0.15) is 0 Å². The van der Waals surface area contributed by atoms with Gasteiger partial charge in [0.15, 0.2) is 0 Å². The minimum atomic E-state index is -0.458. The molecule has 8 heteroatoms. The molecule has 0 aliphatic heterocycles. The number of hydrogen-bond donors (Lipinski definition) is 1. The van der Waals surface area contributed by atoms with E-state index in [9.17, 15) is 9.59 Å². The highest BCUT2D eigenvalue weighted by atomic mass is 35.5. The van der Waals surface area contributed by atoms with Crippen LogP contribution in [0.1, 0.15) is 51.3 Å². The molecular formula is C32H34ClN3O3S. The van der Waals surface area contributed by atoms with Crippen LogP contribution in [0.25, 0.3) is 21.2 Å². The summed E-state index contributed by atoms with van der Waals surface area (Å²) in [4.78, 5) is 30.7. The van der Waals surface area contributed by atoms with Crippen LogP contribution in [0.3, 0.4) is 0 Å². The van der Waals surface area contributed by atoms with Gasteiger partial charge < -0.3 is 20.3 Å². The van der Waals surface area contributed by atoms with Crippen LogP contribution in [0.2, 0.25) is 5.02 Å². The first-order valence-electron chi connectivity index (χ1n) is 13.5. The largest absolute Gasteiger partial charge is 0.496 e. The van der Waals surface area contributed by atoms with Crippen molar-refractivity contribution in [3.63, 3.8) is 0 Å². The van der Waals surface area contributed by atoms with E-state index in [1.54, 1.807) is 19.2 Å². The van der Waals surface area contributed by atoms with Gasteiger partial charge in [0.05, 0.1) is 12.1 Å². The molecule has 1 aliphatic rings. The second kappa shape index (κ2) is 12.0. The molecule has 4 aromatic rings. The normalized spacial score (nSPS) is 17.2. The Bertz CT molecular complexity index is 1520. The lowest BCUT2D eigenvalue weighted by molar-refractivity contribution is 0.0573. The van der Waals surface area contributed by atoms with E-state index in [0.717, 1.165) is 58.2 Å². The van der Waals surface area contributed by atoms with Crippen molar-refractivity contribution in [2.45, 2.75) is 44.3 Å². The van der Waals surface area contributed by atoms with E-state index in [1.807, 2.05) is 53.4 Å². The van der Waals surface area contributed by atoms with Crippen molar-refractivity contribution < 1.29 is 14.3 Å². The van der Waals surface area contributed by atoms with Gasteiger partial charge in [0.2, 0.25) is 5.91 Å². The summed E-state index contributed by atoms with van der Waals surface area (Å²) in [5.74, 6) is 0.220. The number of nitrogens with zero attached hydrogens (tertiary/aromatic N) is 2. The number of nitrogens with two attached hydrogens (primary N) is 1. The van der Waals surface area contributed by atoms with E-state index in [-0.39, 0.29) is 11.9 Å². The first kappa shape index (κ1) is 28.1. The molecule has 6 nitrogen and oxygen atoms in total. The van der Waals surface area contributed by atoms with Crippen molar-refractivity contribution in [3.05, 3.63) is 87.8 Å². The van der Waals surface area contributed by atoms with Crippen molar-refractivity contribution >= 4 is 44.8 Å². The average molecular weight is 576 g/mol. The van der Waals surface area contributed by atoms with Gasteiger partial charge in [-0.25, -0.2) is 0 Å². The van der Waals surface area contributed by atoms with Gasteiger partial charge in [0.25, 0.3) is 5.91 Å². The van der Waals surface area contributed by atoms with E-state index >= 15 is 0 Å². The Morgan fingerprint density at radius 2 is 1.60 bits per heavy atom. The molecule has 0 saturated heterocycles. The van der Waals surface area contributed by atoms with Gasteiger partial charge in [0.1, 0.15) is 10.6 Å². The Labute approximate surface area is 244 Å². The highest BCUT2D eigenvalue weighted by Crippen LogP contribution is 2.38. The third kappa shape index (κ3) is 5.73. The molecular weight excluding hydrogens is 542 g/mol. The minimum Gasteiger partial charge on any atom is -0.496 e. The van der Waals surface area contributed by atoms with Gasteiger partial charge >= 0.3 is 0 Å². The summed E-state index contributed by atoms with van der Waals surface area (Å²) in [5, 5.41) is 1.43.